The molecule has 2 rings (SSSR count). The number of hydrogen-bond acceptors (Lipinski definition) is 3. The van der Waals surface area contributed by atoms with Gasteiger partial charge in [0.25, 0.3) is 5.91 Å². The third-order valence-electron chi connectivity index (χ3n) is 3.79. The fraction of sp³-hybridized carbons (Fsp3) is 0.438. The molecule has 112 valence electrons. The second kappa shape index (κ2) is 7.02. The standard InChI is InChI=1S/C16H20N2O3/c1-11-2-6-13(7-3-11)18-16(21)14-8-4-12(10-17-14)5-9-15(19)20/h4-5,8-11,13H,2-3,6-7H2,1H3,(H,18,21)(H,19,20). The monoisotopic (exact) mass is 288 g/mol. The summed E-state index contributed by atoms with van der Waals surface area (Å²) < 4.78 is 0. The van der Waals surface area contributed by atoms with E-state index in [4.69, 9.17) is 5.11 Å². The van der Waals surface area contributed by atoms with Crippen LogP contribution in [0.4, 0.5) is 0 Å². The van der Waals surface area contributed by atoms with Crippen LogP contribution >= 0.6 is 0 Å². The van der Waals surface area contributed by atoms with Crippen molar-refractivity contribution >= 4 is 18.0 Å². The number of amides is 1. The minimum atomic E-state index is -1.01. The summed E-state index contributed by atoms with van der Waals surface area (Å²) in [6.07, 6.45) is 8.32. The van der Waals surface area contributed by atoms with Gasteiger partial charge in [0.2, 0.25) is 0 Å². The lowest BCUT2D eigenvalue weighted by Gasteiger charge is -2.26. The van der Waals surface area contributed by atoms with Crippen molar-refractivity contribution in [3.8, 4) is 0 Å². The zero-order valence-electron chi connectivity index (χ0n) is 12.1. The topological polar surface area (TPSA) is 79.3 Å². The van der Waals surface area contributed by atoms with E-state index in [2.05, 4.69) is 17.2 Å². The van der Waals surface area contributed by atoms with Gasteiger partial charge in [-0.15, -0.1) is 0 Å². The second-order valence-corrected chi connectivity index (χ2v) is 5.58. The third kappa shape index (κ3) is 4.70. The Morgan fingerprint density at radius 3 is 2.57 bits per heavy atom. The number of nitrogens with zero attached hydrogens (tertiary/aromatic N) is 1. The number of hydrogen-bond donors (Lipinski definition) is 2. The number of aromatic nitrogens is 1. The molecule has 0 saturated heterocycles. The predicted octanol–water partition coefficient (Wildman–Crippen LogP) is 2.49. The molecule has 0 aromatic carbocycles. The summed E-state index contributed by atoms with van der Waals surface area (Å²) in [7, 11) is 0. The highest BCUT2D eigenvalue weighted by atomic mass is 16.4. The van der Waals surface area contributed by atoms with E-state index in [9.17, 15) is 9.59 Å². The van der Waals surface area contributed by atoms with Crippen molar-refractivity contribution < 1.29 is 14.7 Å². The van der Waals surface area contributed by atoms with E-state index >= 15 is 0 Å². The van der Waals surface area contributed by atoms with Gasteiger partial charge >= 0.3 is 5.97 Å². The molecule has 1 aromatic heterocycles. The number of nitrogens with one attached hydrogen (secondary N) is 1. The number of carbonyl (C=O) groups is 2. The molecular formula is C16H20N2O3. The van der Waals surface area contributed by atoms with E-state index in [1.165, 1.54) is 12.3 Å². The fourth-order valence-corrected chi connectivity index (χ4v) is 2.47. The van der Waals surface area contributed by atoms with Gasteiger partial charge in [-0.2, -0.15) is 0 Å². The molecule has 0 spiro atoms. The summed E-state index contributed by atoms with van der Waals surface area (Å²) >= 11 is 0. The van der Waals surface area contributed by atoms with E-state index < -0.39 is 5.97 Å². The highest BCUT2D eigenvalue weighted by molar-refractivity contribution is 5.92. The van der Waals surface area contributed by atoms with Crippen LogP contribution in [0.15, 0.2) is 24.4 Å². The van der Waals surface area contributed by atoms with Crippen LogP contribution in [0.3, 0.4) is 0 Å². The Hall–Kier alpha value is -2.17. The van der Waals surface area contributed by atoms with Crippen molar-refractivity contribution in [2.45, 2.75) is 38.6 Å². The maximum absolute atomic E-state index is 12.1. The lowest BCUT2D eigenvalue weighted by atomic mass is 9.87. The van der Waals surface area contributed by atoms with E-state index in [1.54, 1.807) is 12.1 Å². The van der Waals surface area contributed by atoms with Gasteiger partial charge in [-0.25, -0.2) is 4.79 Å². The minimum absolute atomic E-state index is 0.164. The molecule has 1 aliphatic rings. The molecule has 1 amide bonds. The number of carboxylic acid groups (broad SMARTS) is 1. The predicted molar refractivity (Wildman–Crippen MR) is 79.8 cm³/mol. The molecule has 21 heavy (non-hydrogen) atoms. The van der Waals surface area contributed by atoms with Crippen LogP contribution in [0.2, 0.25) is 0 Å². The molecular weight excluding hydrogens is 268 g/mol. The number of pyridine rings is 1. The summed E-state index contributed by atoms with van der Waals surface area (Å²) in [5.74, 6) is -0.428. The smallest absolute Gasteiger partial charge is 0.328 e. The minimum Gasteiger partial charge on any atom is -0.478 e. The number of carboxylic acids is 1. The Kier molecular flexibility index (Phi) is 5.09. The first-order chi connectivity index (χ1) is 10.0. The Morgan fingerprint density at radius 1 is 1.29 bits per heavy atom. The molecule has 0 radical (unpaired) electrons. The van der Waals surface area contributed by atoms with Gasteiger partial charge in [0.1, 0.15) is 5.69 Å². The first-order valence-corrected chi connectivity index (χ1v) is 7.22. The molecule has 0 atom stereocenters. The molecule has 5 heteroatoms. The van der Waals surface area contributed by atoms with E-state index in [1.807, 2.05) is 0 Å². The largest absolute Gasteiger partial charge is 0.478 e. The molecule has 0 aliphatic heterocycles. The van der Waals surface area contributed by atoms with Gasteiger partial charge < -0.3 is 10.4 Å². The molecule has 1 aliphatic carbocycles. The van der Waals surface area contributed by atoms with Gasteiger partial charge in [0, 0.05) is 18.3 Å². The Labute approximate surface area is 124 Å². The van der Waals surface area contributed by atoms with Crippen molar-refractivity contribution in [2.24, 2.45) is 5.92 Å². The molecule has 0 unspecified atom stereocenters. The lowest BCUT2D eigenvalue weighted by Crippen LogP contribution is -2.37. The Morgan fingerprint density at radius 2 is 2.00 bits per heavy atom. The normalized spacial score (nSPS) is 22.1. The van der Waals surface area contributed by atoms with Crippen LogP contribution < -0.4 is 5.32 Å². The number of rotatable bonds is 4. The van der Waals surface area contributed by atoms with Gasteiger partial charge in [-0.05, 0) is 49.3 Å². The number of carbonyl (C=O) groups excluding carboxylic acids is 1. The maximum atomic E-state index is 12.1. The van der Waals surface area contributed by atoms with Gasteiger partial charge in [-0.1, -0.05) is 13.0 Å². The lowest BCUT2D eigenvalue weighted by molar-refractivity contribution is -0.131. The Balaban J connectivity index is 1.92. The fourth-order valence-electron chi connectivity index (χ4n) is 2.47. The average Bonchev–Trinajstić information content (AvgIpc) is 2.48. The van der Waals surface area contributed by atoms with Crippen molar-refractivity contribution in [3.05, 3.63) is 35.7 Å². The summed E-state index contributed by atoms with van der Waals surface area (Å²) in [5.41, 5.74) is 1.02. The van der Waals surface area contributed by atoms with Crippen molar-refractivity contribution in [2.75, 3.05) is 0 Å². The van der Waals surface area contributed by atoms with Crippen molar-refractivity contribution in [1.82, 2.24) is 10.3 Å². The first-order valence-electron chi connectivity index (χ1n) is 7.22. The quantitative estimate of drug-likeness (QED) is 0.834. The molecule has 1 aromatic rings. The van der Waals surface area contributed by atoms with Crippen LogP contribution in [0, 0.1) is 5.92 Å². The van der Waals surface area contributed by atoms with Gasteiger partial charge in [0.05, 0.1) is 0 Å². The summed E-state index contributed by atoms with van der Waals surface area (Å²) in [6.45, 7) is 2.24. The summed E-state index contributed by atoms with van der Waals surface area (Å²) in [5, 5.41) is 11.6. The van der Waals surface area contributed by atoms with Gasteiger partial charge in [0.15, 0.2) is 0 Å². The maximum Gasteiger partial charge on any atom is 0.328 e. The highest BCUT2D eigenvalue weighted by Gasteiger charge is 2.20. The first kappa shape index (κ1) is 15.2. The van der Waals surface area contributed by atoms with E-state index in [-0.39, 0.29) is 11.9 Å². The summed E-state index contributed by atoms with van der Waals surface area (Å²) in [4.78, 5) is 26.6. The van der Waals surface area contributed by atoms with Crippen LogP contribution in [-0.2, 0) is 4.79 Å². The molecule has 5 nitrogen and oxygen atoms in total. The van der Waals surface area contributed by atoms with Crippen LogP contribution in [-0.4, -0.2) is 28.0 Å². The summed E-state index contributed by atoms with van der Waals surface area (Å²) in [6, 6.07) is 3.54. The van der Waals surface area contributed by atoms with Gasteiger partial charge in [-0.3, -0.25) is 9.78 Å². The van der Waals surface area contributed by atoms with E-state index in [0.29, 0.717) is 11.3 Å². The second-order valence-electron chi connectivity index (χ2n) is 5.58. The highest BCUT2D eigenvalue weighted by Crippen LogP contribution is 2.23. The van der Waals surface area contributed by atoms with Crippen LogP contribution in [0.5, 0.6) is 0 Å². The third-order valence-corrected chi connectivity index (χ3v) is 3.79. The van der Waals surface area contributed by atoms with Crippen molar-refractivity contribution in [1.29, 1.82) is 0 Å². The zero-order valence-corrected chi connectivity index (χ0v) is 12.1. The average molecular weight is 288 g/mol. The SMILES string of the molecule is CC1CCC(NC(=O)c2ccc(C=CC(=O)O)cn2)CC1. The zero-order chi connectivity index (χ0) is 15.2. The molecule has 0 bridgehead atoms. The van der Waals surface area contributed by atoms with Crippen LogP contribution in [0.1, 0.15) is 48.7 Å². The molecule has 1 saturated carbocycles. The van der Waals surface area contributed by atoms with E-state index in [0.717, 1.165) is 37.7 Å². The molecule has 1 fully saturated rings. The molecule has 1 heterocycles. The van der Waals surface area contributed by atoms with Crippen molar-refractivity contribution in [3.63, 3.8) is 0 Å². The number of aliphatic carboxylic acids is 1. The Bertz CT molecular complexity index is 529. The van der Waals surface area contributed by atoms with Crippen LogP contribution in [0.25, 0.3) is 6.08 Å². The molecule has 2 N–H and O–H groups in total.